The molecule has 0 unspecified atom stereocenters. The van der Waals surface area contributed by atoms with Crippen molar-refractivity contribution in [2.24, 2.45) is 5.73 Å². The molecular formula is C23H29ClN2O3S. The SMILES string of the molecule is CCCc1nc(-c2ccc(Sc3ccc(CCC(N)(CO)CO)cc3)cc2)co1.Cl. The Morgan fingerprint density at radius 1 is 0.967 bits per heavy atom. The van der Waals surface area contributed by atoms with E-state index in [1.165, 1.54) is 0 Å². The Morgan fingerprint density at radius 2 is 1.57 bits per heavy atom. The molecule has 0 atom stereocenters. The van der Waals surface area contributed by atoms with Gasteiger partial charge < -0.3 is 20.4 Å². The Labute approximate surface area is 188 Å². The van der Waals surface area contributed by atoms with Crippen molar-refractivity contribution in [3.05, 3.63) is 66.2 Å². The van der Waals surface area contributed by atoms with Crippen LogP contribution in [0.3, 0.4) is 0 Å². The van der Waals surface area contributed by atoms with Gasteiger partial charge in [0, 0.05) is 21.8 Å². The van der Waals surface area contributed by atoms with Crippen LogP contribution in [-0.2, 0) is 12.8 Å². The van der Waals surface area contributed by atoms with Crippen LogP contribution in [0, 0.1) is 0 Å². The summed E-state index contributed by atoms with van der Waals surface area (Å²) < 4.78 is 5.50. The van der Waals surface area contributed by atoms with Crippen molar-refractivity contribution in [1.29, 1.82) is 0 Å². The quantitative estimate of drug-likeness (QED) is 0.423. The molecule has 0 aliphatic carbocycles. The van der Waals surface area contributed by atoms with Crippen LogP contribution in [0.25, 0.3) is 11.3 Å². The molecule has 4 N–H and O–H groups in total. The molecule has 0 saturated carbocycles. The first-order chi connectivity index (χ1) is 14.0. The predicted octanol–water partition coefficient (Wildman–Crippen LogP) is 4.48. The van der Waals surface area contributed by atoms with Crippen LogP contribution < -0.4 is 5.73 Å². The van der Waals surface area contributed by atoms with Gasteiger partial charge in [-0.3, -0.25) is 0 Å². The van der Waals surface area contributed by atoms with Crippen LogP contribution in [0.15, 0.2) is 69.0 Å². The molecule has 0 saturated heterocycles. The Balaban J connectivity index is 0.00000320. The average Bonchev–Trinajstić information content (AvgIpc) is 3.22. The van der Waals surface area contributed by atoms with Gasteiger partial charge in [-0.1, -0.05) is 43.0 Å². The molecule has 2 aromatic carbocycles. The summed E-state index contributed by atoms with van der Waals surface area (Å²) in [7, 11) is 0. The van der Waals surface area contributed by atoms with Gasteiger partial charge in [-0.05, 0) is 49.1 Å². The zero-order chi connectivity index (χ0) is 20.7. The number of rotatable bonds is 10. The van der Waals surface area contributed by atoms with E-state index >= 15 is 0 Å². The molecule has 0 aliphatic heterocycles. The number of benzene rings is 2. The van der Waals surface area contributed by atoms with Crippen molar-refractivity contribution >= 4 is 24.2 Å². The molecule has 3 aromatic rings. The number of aromatic nitrogens is 1. The van der Waals surface area contributed by atoms with Gasteiger partial charge in [-0.2, -0.15) is 0 Å². The van der Waals surface area contributed by atoms with Crippen LogP contribution in [0.2, 0.25) is 0 Å². The van der Waals surface area contributed by atoms with E-state index in [1.54, 1.807) is 18.0 Å². The summed E-state index contributed by atoms with van der Waals surface area (Å²) in [6.45, 7) is 1.67. The minimum Gasteiger partial charge on any atom is -0.448 e. The fourth-order valence-corrected chi connectivity index (χ4v) is 3.74. The summed E-state index contributed by atoms with van der Waals surface area (Å²) in [5.74, 6) is 0.783. The zero-order valence-electron chi connectivity index (χ0n) is 17.1. The minimum absolute atomic E-state index is 0. The maximum atomic E-state index is 9.29. The third-order valence-electron chi connectivity index (χ3n) is 4.87. The topological polar surface area (TPSA) is 92.5 Å². The second-order valence-electron chi connectivity index (χ2n) is 7.33. The van der Waals surface area contributed by atoms with E-state index in [9.17, 15) is 10.2 Å². The Bertz CT molecular complexity index is 894. The maximum absolute atomic E-state index is 9.29. The van der Waals surface area contributed by atoms with E-state index in [0.29, 0.717) is 6.42 Å². The van der Waals surface area contributed by atoms with Crippen molar-refractivity contribution in [3.8, 4) is 11.3 Å². The van der Waals surface area contributed by atoms with Crippen molar-refractivity contribution in [3.63, 3.8) is 0 Å². The van der Waals surface area contributed by atoms with Gasteiger partial charge in [-0.25, -0.2) is 4.98 Å². The molecule has 7 heteroatoms. The molecule has 0 fully saturated rings. The number of aliphatic hydroxyl groups excluding tert-OH is 2. The van der Waals surface area contributed by atoms with Crippen LogP contribution in [-0.4, -0.2) is 33.9 Å². The molecule has 0 aliphatic rings. The number of nitrogens with zero attached hydrogens (tertiary/aromatic N) is 1. The average molecular weight is 449 g/mol. The molecule has 162 valence electrons. The van der Waals surface area contributed by atoms with E-state index in [4.69, 9.17) is 10.2 Å². The Hall–Kier alpha value is -1.83. The van der Waals surface area contributed by atoms with Gasteiger partial charge in [0.05, 0.1) is 18.8 Å². The summed E-state index contributed by atoms with van der Waals surface area (Å²) in [6.07, 6.45) is 4.85. The number of oxazole rings is 1. The van der Waals surface area contributed by atoms with Gasteiger partial charge in [0.25, 0.3) is 0 Å². The lowest BCUT2D eigenvalue weighted by atomic mass is 9.94. The number of aliphatic hydroxyl groups is 2. The van der Waals surface area contributed by atoms with Crippen LogP contribution in [0.5, 0.6) is 0 Å². The second-order valence-corrected chi connectivity index (χ2v) is 8.47. The summed E-state index contributed by atoms with van der Waals surface area (Å²) in [4.78, 5) is 6.83. The van der Waals surface area contributed by atoms with E-state index < -0.39 is 5.54 Å². The second kappa shape index (κ2) is 11.5. The van der Waals surface area contributed by atoms with E-state index in [-0.39, 0.29) is 25.6 Å². The highest BCUT2D eigenvalue weighted by molar-refractivity contribution is 7.99. The molecule has 0 amide bonds. The fourth-order valence-electron chi connectivity index (χ4n) is 2.93. The lowest BCUT2D eigenvalue weighted by molar-refractivity contribution is 0.115. The number of hydrogen-bond donors (Lipinski definition) is 3. The molecule has 1 heterocycles. The standard InChI is InChI=1S/C23H28N2O3S.ClH/c1-2-3-22-25-21(14-28-22)18-6-10-20(11-7-18)29-19-8-4-17(5-9-19)12-13-23(24,15-26)16-27;/h4-11,14,26-27H,2-3,12-13,15-16,24H2,1H3;1H. The highest BCUT2D eigenvalue weighted by Crippen LogP contribution is 2.30. The molecule has 0 bridgehead atoms. The summed E-state index contributed by atoms with van der Waals surface area (Å²) >= 11 is 1.70. The smallest absolute Gasteiger partial charge is 0.194 e. The predicted molar refractivity (Wildman–Crippen MR) is 123 cm³/mol. The summed E-state index contributed by atoms with van der Waals surface area (Å²) in [5.41, 5.74) is 8.07. The van der Waals surface area contributed by atoms with Crippen molar-refractivity contribution in [2.45, 2.75) is 47.9 Å². The molecular weight excluding hydrogens is 420 g/mol. The van der Waals surface area contributed by atoms with Crippen molar-refractivity contribution < 1.29 is 14.6 Å². The lowest BCUT2D eigenvalue weighted by Gasteiger charge is -2.24. The number of hydrogen-bond acceptors (Lipinski definition) is 6. The van der Waals surface area contributed by atoms with Gasteiger partial charge >= 0.3 is 0 Å². The minimum atomic E-state index is -0.920. The van der Waals surface area contributed by atoms with Gasteiger partial charge in [-0.15, -0.1) is 12.4 Å². The highest BCUT2D eigenvalue weighted by atomic mass is 35.5. The molecule has 0 spiro atoms. The fraction of sp³-hybridized carbons (Fsp3) is 0.348. The normalized spacial score (nSPS) is 11.3. The molecule has 30 heavy (non-hydrogen) atoms. The van der Waals surface area contributed by atoms with Crippen LogP contribution >= 0.6 is 24.2 Å². The van der Waals surface area contributed by atoms with E-state index in [1.807, 2.05) is 0 Å². The summed E-state index contributed by atoms with van der Waals surface area (Å²) in [6, 6.07) is 16.6. The first-order valence-corrected chi connectivity index (χ1v) is 10.7. The van der Waals surface area contributed by atoms with E-state index in [2.05, 4.69) is 60.4 Å². The van der Waals surface area contributed by atoms with Gasteiger partial charge in [0.15, 0.2) is 5.89 Å². The molecule has 3 rings (SSSR count). The lowest BCUT2D eigenvalue weighted by Crippen LogP contribution is -2.47. The monoisotopic (exact) mass is 448 g/mol. The Morgan fingerprint density at radius 3 is 2.13 bits per heavy atom. The third kappa shape index (κ3) is 6.59. The highest BCUT2D eigenvalue weighted by Gasteiger charge is 2.22. The first-order valence-electron chi connectivity index (χ1n) is 9.87. The number of halogens is 1. The Kier molecular flexibility index (Phi) is 9.39. The number of aryl methyl sites for hydroxylation is 2. The van der Waals surface area contributed by atoms with Crippen molar-refractivity contribution in [1.82, 2.24) is 4.98 Å². The maximum Gasteiger partial charge on any atom is 0.194 e. The molecule has 0 radical (unpaired) electrons. The largest absolute Gasteiger partial charge is 0.448 e. The summed E-state index contributed by atoms with van der Waals surface area (Å²) in [5, 5.41) is 18.6. The number of nitrogens with two attached hydrogens (primary N) is 1. The van der Waals surface area contributed by atoms with Crippen LogP contribution in [0.4, 0.5) is 0 Å². The third-order valence-corrected chi connectivity index (χ3v) is 5.88. The molecule has 5 nitrogen and oxygen atoms in total. The zero-order valence-corrected chi connectivity index (χ0v) is 18.7. The van der Waals surface area contributed by atoms with Crippen LogP contribution in [0.1, 0.15) is 31.2 Å². The van der Waals surface area contributed by atoms with Gasteiger partial charge in [0.1, 0.15) is 12.0 Å². The van der Waals surface area contributed by atoms with E-state index in [0.717, 1.165) is 51.8 Å². The van der Waals surface area contributed by atoms with Gasteiger partial charge in [0.2, 0.25) is 0 Å². The van der Waals surface area contributed by atoms with Crippen molar-refractivity contribution in [2.75, 3.05) is 13.2 Å². The first kappa shape index (κ1) is 24.4. The molecule has 1 aromatic heterocycles.